The second kappa shape index (κ2) is 7.56. The fourth-order valence-corrected chi connectivity index (χ4v) is 2.64. The number of pyridine rings is 1. The predicted octanol–water partition coefficient (Wildman–Crippen LogP) is 3.75. The first-order chi connectivity index (χ1) is 12.5. The van der Waals surface area contributed by atoms with E-state index in [4.69, 9.17) is 0 Å². The molecule has 0 amide bonds. The van der Waals surface area contributed by atoms with Gasteiger partial charge in [0.1, 0.15) is 6.33 Å². The Labute approximate surface area is 150 Å². The number of nitro groups is 1. The van der Waals surface area contributed by atoms with Crippen molar-refractivity contribution in [1.82, 2.24) is 15.0 Å². The Morgan fingerprint density at radius 2 is 1.85 bits per heavy atom. The summed E-state index contributed by atoms with van der Waals surface area (Å²) in [5.41, 5.74) is 3.54. The Kier molecular flexibility index (Phi) is 5.02. The molecule has 2 heterocycles. The molecule has 3 rings (SSSR count). The van der Waals surface area contributed by atoms with E-state index in [1.165, 1.54) is 6.33 Å². The molecule has 0 aliphatic rings. The lowest BCUT2D eigenvalue weighted by Gasteiger charge is -2.11. The molecule has 0 unspecified atom stereocenters. The number of aryl methyl sites for hydroxylation is 2. The number of nitrogens with one attached hydrogen (secondary N) is 2. The van der Waals surface area contributed by atoms with Gasteiger partial charge in [-0.3, -0.25) is 15.1 Å². The van der Waals surface area contributed by atoms with Gasteiger partial charge in [0.15, 0.2) is 0 Å². The fraction of sp³-hybridized carbons (Fsp3) is 0.167. The van der Waals surface area contributed by atoms with Crippen LogP contribution in [0.4, 0.5) is 23.0 Å². The molecular weight excluding hydrogens is 332 g/mol. The van der Waals surface area contributed by atoms with Crippen LogP contribution in [-0.4, -0.2) is 19.9 Å². The van der Waals surface area contributed by atoms with Gasteiger partial charge in [0.25, 0.3) is 0 Å². The van der Waals surface area contributed by atoms with Crippen LogP contribution in [0.3, 0.4) is 0 Å². The van der Waals surface area contributed by atoms with Crippen molar-refractivity contribution in [2.45, 2.75) is 20.4 Å². The van der Waals surface area contributed by atoms with Crippen LogP contribution in [0.5, 0.6) is 0 Å². The second-order valence-electron chi connectivity index (χ2n) is 5.89. The van der Waals surface area contributed by atoms with Crippen LogP contribution in [0.1, 0.15) is 16.7 Å². The molecule has 2 aromatic heterocycles. The van der Waals surface area contributed by atoms with Gasteiger partial charge in [-0.15, -0.1) is 0 Å². The molecule has 26 heavy (non-hydrogen) atoms. The number of hydrogen-bond acceptors (Lipinski definition) is 7. The lowest BCUT2D eigenvalue weighted by molar-refractivity contribution is -0.383. The summed E-state index contributed by atoms with van der Waals surface area (Å²) in [6.45, 7) is 4.30. The van der Waals surface area contributed by atoms with Crippen LogP contribution in [0.15, 0.2) is 49.1 Å². The zero-order chi connectivity index (χ0) is 18.5. The summed E-state index contributed by atoms with van der Waals surface area (Å²) >= 11 is 0. The molecular formula is C18H18N6O2. The minimum Gasteiger partial charge on any atom is -0.360 e. The van der Waals surface area contributed by atoms with Crippen molar-refractivity contribution in [3.05, 3.63) is 75.9 Å². The number of hydrogen-bond donors (Lipinski definition) is 2. The van der Waals surface area contributed by atoms with Crippen molar-refractivity contribution in [2.24, 2.45) is 0 Å². The lowest BCUT2D eigenvalue weighted by atomic mass is 10.1. The average Bonchev–Trinajstić information content (AvgIpc) is 2.60. The average molecular weight is 350 g/mol. The topological polar surface area (TPSA) is 106 Å². The Balaban J connectivity index is 1.89. The molecule has 0 atom stereocenters. The molecule has 1 aromatic carbocycles. The molecule has 132 valence electrons. The Morgan fingerprint density at radius 1 is 1.12 bits per heavy atom. The van der Waals surface area contributed by atoms with E-state index in [9.17, 15) is 10.1 Å². The monoisotopic (exact) mass is 350 g/mol. The highest BCUT2D eigenvalue weighted by molar-refractivity contribution is 5.74. The summed E-state index contributed by atoms with van der Waals surface area (Å²) in [4.78, 5) is 23.2. The third kappa shape index (κ3) is 4.10. The molecule has 0 aliphatic heterocycles. The molecule has 0 saturated heterocycles. The standard InChI is InChI=1S/C18H18N6O2/c1-12-6-13(2)8-15(7-12)23-18-16(24(25)26)17(21-11-22-18)20-10-14-4-3-5-19-9-14/h3-9,11H,10H2,1-2H3,(H2,20,21,22,23). The maximum Gasteiger partial charge on any atom is 0.353 e. The van der Waals surface area contributed by atoms with Gasteiger partial charge in [0, 0.05) is 24.6 Å². The maximum atomic E-state index is 11.6. The van der Waals surface area contributed by atoms with E-state index >= 15 is 0 Å². The van der Waals surface area contributed by atoms with Crippen molar-refractivity contribution >= 4 is 23.0 Å². The molecule has 3 aromatic rings. The van der Waals surface area contributed by atoms with Gasteiger partial charge in [-0.1, -0.05) is 12.1 Å². The van der Waals surface area contributed by atoms with Crippen LogP contribution in [-0.2, 0) is 6.54 Å². The first-order valence-electron chi connectivity index (χ1n) is 8.00. The van der Waals surface area contributed by atoms with Gasteiger partial charge in [0.2, 0.25) is 11.6 Å². The van der Waals surface area contributed by atoms with E-state index in [1.54, 1.807) is 18.5 Å². The van der Waals surface area contributed by atoms with Gasteiger partial charge in [0.05, 0.1) is 4.92 Å². The van der Waals surface area contributed by atoms with Gasteiger partial charge < -0.3 is 10.6 Å². The summed E-state index contributed by atoms with van der Waals surface area (Å²) in [5.74, 6) is 0.296. The quantitative estimate of drug-likeness (QED) is 0.515. The second-order valence-corrected chi connectivity index (χ2v) is 5.89. The summed E-state index contributed by atoms with van der Waals surface area (Å²) in [7, 11) is 0. The summed E-state index contributed by atoms with van der Waals surface area (Å²) < 4.78 is 0. The Hall–Kier alpha value is -3.55. The fourth-order valence-electron chi connectivity index (χ4n) is 2.64. The number of rotatable bonds is 6. The SMILES string of the molecule is Cc1cc(C)cc(Nc2ncnc(NCc3cccnc3)c2[N+](=O)[O-])c1. The van der Waals surface area contributed by atoms with Crippen LogP contribution in [0.2, 0.25) is 0 Å². The molecule has 8 nitrogen and oxygen atoms in total. The van der Waals surface area contributed by atoms with Crippen LogP contribution in [0.25, 0.3) is 0 Å². The van der Waals surface area contributed by atoms with Crippen molar-refractivity contribution in [3.63, 3.8) is 0 Å². The Bertz CT molecular complexity index is 910. The van der Waals surface area contributed by atoms with Gasteiger partial charge >= 0.3 is 5.69 Å². The summed E-state index contributed by atoms with van der Waals surface area (Å²) in [6.07, 6.45) is 4.65. The lowest BCUT2D eigenvalue weighted by Crippen LogP contribution is -2.08. The van der Waals surface area contributed by atoms with Crippen molar-refractivity contribution < 1.29 is 4.92 Å². The molecule has 0 bridgehead atoms. The van der Waals surface area contributed by atoms with Crippen LogP contribution in [0, 0.1) is 24.0 Å². The maximum absolute atomic E-state index is 11.6. The van der Waals surface area contributed by atoms with Crippen LogP contribution < -0.4 is 10.6 Å². The third-order valence-electron chi connectivity index (χ3n) is 3.67. The first-order valence-corrected chi connectivity index (χ1v) is 8.00. The molecule has 0 spiro atoms. The van der Waals surface area contributed by atoms with E-state index in [0.29, 0.717) is 6.54 Å². The highest BCUT2D eigenvalue weighted by atomic mass is 16.6. The molecule has 0 fully saturated rings. The van der Waals surface area contributed by atoms with Crippen LogP contribution >= 0.6 is 0 Å². The first kappa shape index (κ1) is 17.3. The zero-order valence-electron chi connectivity index (χ0n) is 14.4. The largest absolute Gasteiger partial charge is 0.360 e. The van der Waals surface area contributed by atoms with Crippen molar-refractivity contribution in [3.8, 4) is 0 Å². The number of benzene rings is 1. The molecule has 0 aliphatic carbocycles. The molecule has 0 saturated carbocycles. The normalized spacial score (nSPS) is 10.4. The van der Waals surface area contributed by atoms with E-state index in [-0.39, 0.29) is 17.3 Å². The van der Waals surface area contributed by atoms with E-state index in [1.807, 2.05) is 38.1 Å². The van der Waals surface area contributed by atoms with Gasteiger partial charge in [-0.25, -0.2) is 9.97 Å². The van der Waals surface area contributed by atoms with Crippen molar-refractivity contribution in [1.29, 1.82) is 0 Å². The minimum atomic E-state index is -0.490. The van der Waals surface area contributed by atoms with Gasteiger partial charge in [-0.2, -0.15) is 0 Å². The van der Waals surface area contributed by atoms with Gasteiger partial charge in [-0.05, 0) is 48.7 Å². The number of nitrogens with zero attached hydrogens (tertiary/aromatic N) is 4. The highest BCUT2D eigenvalue weighted by Gasteiger charge is 2.23. The van der Waals surface area contributed by atoms with E-state index < -0.39 is 4.92 Å². The summed E-state index contributed by atoms with van der Waals surface area (Å²) in [5, 5.41) is 17.6. The highest BCUT2D eigenvalue weighted by Crippen LogP contribution is 2.31. The summed E-state index contributed by atoms with van der Waals surface area (Å²) in [6, 6.07) is 9.52. The van der Waals surface area contributed by atoms with Crippen molar-refractivity contribution in [2.75, 3.05) is 10.6 Å². The smallest absolute Gasteiger partial charge is 0.353 e. The third-order valence-corrected chi connectivity index (χ3v) is 3.67. The predicted molar refractivity (Wildman–Crippen MR) is 99.4 cm³/mol. The number of anilines is 3. The molecule has 2 N–H and O–H groups in total. The number of aromatic nitrogens is 3. The molecule has 0 radical (unpaired) electrons. The van der Waals surface area contributed by atoms with E-state index in [0.717, 1.165) is 22.4 Å². The van der Waals surface area contributed by atoms with E-state index in [2.05, 4.69) is 25.6 Å². The zero-order valence-corrected chi connectivity index (χ0v) is 14.4. The minimum absolute atomic E-state index is 0.142. The Morgan fingerprint density at radius 3 is 2.50 bits per heavy atom. The molecule has 8 heteroatoms.